The second-order valence-electron chi connectivity index (χ2n) is 4.32. The molecule has 0 heterocycles. The Kier molecular flexibility index (Phi) is 17.0. The summed E-state index contributed by atoms with van der Waals surface area (Å²) < 4.78 is 16.6. The Morgan fingerprint density at radius 3 is 2.00 bits per heavy atom. The molecular weight excluding hydrogens is 367 g/mol. The predicted molar refractivity (Wildman–Crippen MR) is 68.9 cm³/mol. The fourth-order valence-electron chi connectivity index (χ4n) is 1.54. The molecule has 1 atom stereocenters. The molecule has 0 aliphatic heterocycles. The van der Waals surface area contributed by atoms with Crippen molar-refractivity contribution in [1.29, 1.82) is 0 Å². The molecule has 0 bridgehead atoms. The molecule has 0 aliphatic carbocycles. The normalized spacial score (nSPS) is 14.1. The molecule has 0 spiro atoms. The molecule has 1 unspecified atom stereocenters. The molecule has 1 N–H and O–H groups in total. The molecule has 0 aromatic rings. The van der Waals surface area contributed by atoms with E-state index in [9.17, 15) is 9.46 Å². The van der Waals surface area contributed by atoms with Crippen LogP contribution < -0.4 is 0 Å². The van der Waals surface area contributed by atoms with E-state index in [1.54, 1.807) is 0 Å². The molecule has 0 saturated heterocycles. The Balaban J connectivity index is 0. The smallest absolute Gasteiger partial charge is 0.324 e. The first-order chi connectivity index (χ1) is 7.62. The Morgan fingerprint density at radius 2 is 1.47 bits per heavy atom. The van der Waals surface area contributed by atoms with E-state index in [0.29, 0.717) is 12.8 Å². The standard InChI is InChI=1S/C12H27O3P.Nd/c1-3-5-7-9-11-15-16(13,14)12-10-8-6-4-2;/h3-12H2,1-2H3,(H,13,14);. The van der Waals surface area contributed by atoms with E-state index >= 15 is 0 Å². The quantitative estimate of drug-likeness (QED) is 0.419. The maximum Gasteiger partial charge on any atom is 0.328 e. The van der Waals surface area contributed by atoms with Crippen molar-refractivity contribution in [2.75, 3.05) is 12.8 Å². The van der Waals surface area contributed by atoms with Gasteiger partial charge in [-0.25, -0.2) is 0 Å². The molecule has 0 aliphatic rings. The molecule has 102 valence electrons. The average Bonchev–Trinajstić information content (AvgIpc) is 2.24. The summed E-state index contributed by atoms with van der Waals surface area (Å²) in [6.45, 7) is 4.70. The van der Waals surface area contributed by atoms with Crippen molar-refractivity contribution in [2.24, 2.45) is 0 Å². The summed E-state index contributed by atoms with van der Waals surface area (Å²) in [6.07, 6.45) is 8.77. The van der Waals surface area contributed by atoms with Crippen LogP contribution in [0, 0.1) is 40.8 Å². The van der Waals surface area contributed by atoms with E-state index in [1.165, 1.54) is 12.8 Å². The summed E-state index contributed by atoms with van der Waals surface area (Å²) in [6, 6.07) is 0. The zero-order valence-electron chi connectivity index (χ0n) is 11.3. The van der Waals surface area contributed by atoms with Gasteiger partial charge in [-0.05, 0) is 12.8 Å². The molecule has 0 fully saturated rings. The SMILES string of the molecule is CCCCCCOP(=O)(O)CCCCCC.[Nd]. The summed E-state index contributed by atoms with van der Waals surface area (Å²) in [5.41, 5.74) is 0. The zero-order chi connectivity index (χ0) is 12.3. The molecule has 5 heteroatoms. The van der Waals surface area contributed by atoms with Crippen LogP contribution in [0.3, 0.4) is 0 Å². The third-order valence-electron chi connectivity index (χ3n) is 2.59. The van der Waals surface area contributed by atoms with Gasteiger partial charge in [-0.2, -0.15) is 0 Å². The van der Waals surface area contributed by atoms with E-state index < -0.39 is 7.60 Å². The van der Waals surface area contributed by atoms with Crippen LogP contribution in [0.5, 0.6) is 0 Å². The third-order valence-corrected chi connectivity index (χ3v) is 4.05. The van der Waals surface area contributed by atoms with E-state index in [1.807, 2.05) is 0 Å². The molecule has 0 aromatic heterocycles. The Labute approximate surface area is 139 Å². The van der Waals surface area contributed by atoms with E-state index in [0.717, 1.165) is 38.5 Å². The van der Waals surface area contributed by atoms with Crippen LogP contribution in [0.15, 0.2) is 0 Å². The maximum absolute atomic E-state index is 11.5. The Hall–Kier alpha value is 1.50. The maximum atomic E-state index is 11.5. The summed E-state index contributed by atoms with van der Waals surface area (Å²) in [4.78, 5) is 9.50. The van der Waals surface area contributed by atoms with Gasteiger partial charge in [0.05, 0.1) is 6.61 Å². The molecule has 0 amide bonds. The van der Waals surface area contributed by atoms with Gasteiger partial charge in [0.1, 0.15) is 0 Å². The number of unbranched alkanes of at least 4 members (excludes halogenated alkanes) is 6. The van der Waals surface area contributed by atoms with E-state index in [-0.39, 0.29) is 40.8 Å². The Bertz CT molecular complexity index is 200. The van der Waals surface area contributed by atoms with E-state index in [2.05, 4.69) is 13.8 Å². The Morgan fingerprint density at radius 1 is 0.941 bits per heavy atom. The van der Waals surface area contributed by atoms with Crippen molar-refractivity contribution in [1.82, 2.24) is 0 Å². The second kappa shape index (κ2) is 13.9. The van der Waals surface area contributed by atoms with Gasteiger partial charge >= 0.3 is 7.60 Å². The molecule has 0 saturated carbocycles. The van der Waals surface area contributed by atoms with Gasteiger partial charge in [-0.3, -0.25) is 4.57 Å². The molecular formula is C12H27NdO3P. The fourth-order valence-corrected chi connectivity index (χ4v) is 2.71. The number of rotatable bonds is 11. The molecule has 0 rings (SSSR count). The van der Waals surface area contributed by atoms with Crippen molar-refractivity contribution in [3.8, 4) is 0 Å². The van der Waals surface area contributed by atoms with Crippen molar-refractivity contribution in [3.05, 3.63) is 0 Å². The van der Waals surface area contributed by atoms with Crippen LogP contribution >= 0.6 is 7.60 Å². The summed E-state index contributed by atoms with van der Waals surface area (Å²) >= 11 is 0. The summed E-state index contributed by atoms with van der Waals surface area (Å²) in [5.74, 6) is 0. The van der Waals surface area contributed by atoms with Crippen LogP contribution in [-0.4, -0.2) is 17.7 Å². The van der Waals surface area contributed by atoms with Gasteiger partial charge in [0.15, 0.2) is 0 Å². The van der Waals surface area contributed by atoms with Gasteiger partial charge in [0, 0.05) is 47.0 Å². The first-order valence-electron chi connectivity index (χ1n) is 6.58. The van der Waals surface area contributed by atoms with Gasteiger partial charge in [0.25, 0.3) is 0 Å². The monoisotopic (exact) mass is 392 g/mol. The van der Waals surface area contributed by atoms with Crippen molar-refractivity contribution >= 4 is 7.60 Å². The molecule has 17 heavy (non-hydrogen) atoms. The van der Waals surface area contributed by atoms with Gasteiger partial charge < -0.3 is 9.42 Å². The third kappa shape index (κ3) is 15.4. The fraction of sp³-hybridized carbons (Fsp3) is 1.00. The first kappa shape index (κ1) is 20.8. The van der Waals surface area contributed by atoms with Gasteiger partial charge in [-0.15, -0.1) is 0 Å². The van der Waals surface area contributed by atoms with Crippen molar-refractivity contribution in [2.45, 2.75) is 65.2 Å². The summed E-state index contributed by atoms with van der Waals surface area (Å²) in [5, 5.41) is 0. The molecule has 0 radical (unpaired) electrons. The number of hydrogen-bond acceptors (Lipinski definition) is 2. The minimum Gasteiger partial charge on any atom is -0.324 e. The summed E-state index contributed by atoms with van der Waals surface area (Å²) in [7, 11) is -3.28. The zero-order valence-corrected chi connectivity index (χ0v) is 15.4. The van der Waals surface area contributed by atoms with E-state index in [4.69, 9.17) is 4.52 Å². The van der Waals surface area contributed by atoms with Crippen LogP contribution in [-0.2, 0) is 9.09 Å². The van der Waals surface area contributed by atoms with Crippen LogP contribution in [0.25, 0.3) is 0 Å². The van der Waals surface area contributed by atoms with Gasteiger partial charge in [0.2, 0.25) is 0 Å². The minimum atomic E-state index is -3.28. The first-order valence-corrected chi connectivity index (χ1v) is 8.35. The average molecular weight is 395 g/mol. The van der Waals surface area contributed by atoms with Crippen LogP contribution in [0.4, 0.5) is 0 Å². The minimum absolute atomic E-state index is 0. The van der Waals surface area contributed by atoms with Crippen LogP contribution in [0.1, 0.15) is 65.2 Å². The van der Waals surface area contributed by atoms with Crippen molar-refractivity contribution in [3.63, 3.8) is 0 Å². The molecule has 0 aromatic carbocycles. The largest absolute Gasteiger partial charge is 0.328 e. The second-order valence-corrected chi connectivity index (χ2v) is 6.30. The molecule has 3 nitrogen and oxygen atoms in total. The number of hydrogen-bond donors (Lipinski definition) is 1. The van der Waals surface area contributed by atoms with Crippen LogP contribution in [0.2, 0.25) is 0 Å². The van der Waals surface area contributed by atoms with Crippen molar-refractivity contribution < 1.29 is 54.8 Å². The van der Waals surface area contributed by atoms with Gasteiger partial charge in [-0.1, -0.05) is 52.4 Å². The topological polar surface area (TPSA) is 46.5 Å². The predicted octanol–water partition coefficient (Wildman–Crippen LogP) is 4.35.